The first-order valence-corrected chi connectivity index (χ1v) is 10.5. The molecule has 1 aromatic rings. The number of thiophene rings is 1. The predicted octanol–water partition coefficient (Wildman–Crippen LogP) is 2.64. The number of carboxylic acid groups (broad SMARTS) is 1. The van der Waals surface area contributed by atoms with Crippen molar-refractivity contribution in [2.45, 2.75) is 25.9 Å². The van der Waals surface area contributed by atoms with Crippen LogP contribution in [0.15, 0.2) is 17.5 Å². The van der Waals surface area contributed by atoms with Gasteiger partial charge in [-0.15, -0.1) is 11.3 Å². The van der Waals surface area contributed by atoms with Gasteiger partial charge in [-0.05, 0) is 42.2 Å². The zero-order valence-electron chi connectivity index (χ0n) is 16.3. The Hall–Kier alpha value is -1.65. The summed E-state index contributed by atoms with van der Waals surface area (Å²) in [6, 6.07) is 4.18. The van der Waals surface area contributed by atoms with Gasteiger partial charge in [-0.2, -0.15) is 13.2 Å². The summed E-state index contributed by atoms with van der Waals surface area (Å²) in [5.41, 5.74) is 0. The molecule has 10 heteroatoms. The number of rotatable bonds is 6. The topological polar surface area (TPSA) is 78.9 Å². The molecule has 0 saturated carbocycles. The number of hydrogen-bond donors (Lipinski definition) is 2. The molecule has 0 bridgehead atoms. The van der Waals surface area contributed by atoms with E-state index in [9.17, 15) is 18.0 Å². The molecule has 0 aromatic carbocycles. The lowest BCUT2D eigenvalue weighted by atomic mass is 9.81. The summed E-state index contributed by atoms with van der Waals surface area (Å²) >= 11 is 1.75. The minimum atomic E-state index is -5.08. The predicted molar refractivity (Wildman–Crippen MR) is 103 cm³/mol. The van der Waals surface area contributed by atoms with Gasteiger partial charge in [-0.1, -0.05) is 13.0 Å². The Morgan fingerprint density at radius 3 is 2.66 bits per heavy atom. The van der Waals surface area contributed by atoms with Crippen molar-refractivity contribution in [1.82, 2.24) is 10.2 Å². The number of likely N-dealkylation sites (tertiary alicyclic amines) is 1. The monoisotopic (exact) mass is 436 g/mol. The van der Waals surface area contributed by atoms with Crippen LogP contribution >= 0.6 is 11.3 Å². The normalized spacial score (nSPS) is 24.3. The fourth-order valence-corrected chi connectivity index (χ4v) is 4.46. The van der Waals surface area contributed by atoms with Gasteiger partial charge >= 0.3 is 12.1 Å². The average Bonchev–Trinajstić information content (AvgIpc) is 3.31. The van der Waals surface area contributed by atoms with Crippen molar-refractivity contribution in [3.05, 3.63) is 22.4 Å². The van der Waals surface area contributed by atoms with Crippen LogP contribution in [0.25, 0.3) is 0 Å². The highest BCUT2D eigenvalue weighted by Gasteiger charge is 2.41. The molecule has 3 heterocycles. The maximum atomic E-state index is 12.2. The summed E-state index contributed by atoms with van der Waals surface area (Å²) in [4.78, 5) is 24.9. The van der Waals surface area contributed by atoms with E-state index in [0.29, 0.717) is 24.2 Å². The quantitative estimate of drug-likeness (QED) is 0.717. The largest absolute Gasteiger partial charge is 0.490 e. The summed E-state index contributed by atoms with van der Waals surface area (Å²) in [6.07, 6.45) is -3.54. The first kappa shape index (κ1) is 23.6. The second-order valence-electron chi connectivity index (χ2n) is 7.26. The molecule has 2 fully saturated rings. The van der Waals surface area contributed by atoms with Gasteiger partial charge in [-0.25, -0.2) is 4.79 Å². The first-order valence-electron chi connectivity index (χ1n) is 9.60. The Kier molecular flexibility index (Phi) is 8.91. The second kappa shape index (κ2) is 10.9. The van der Waals surface area contributed by atoms with Crippen LogP contribution in [0.2, 0.25) is 0 Å². The molecule has 2 N–H and O–H groups in total. The number of ether oxygens (including phenoxy) is 1. The third-order valence-electron chi connectivity index (χ3n) is 5.25. The molecule has 6 nitrogen and oxygen atoms in total. The van der Waals surface area contributed by atoms with E-state index in [2.05, 4.69) is 34.7 Å². The van der Waals surface area contributed by atoms with Crippen molar-refractivity contribution >= 4 is 23.2 Å². The lowest BCUT2D eigenvalue weighted by molar-refractivity contribution is -0.192. The van der Waals surface area contributed by atoms with Crippen molar-refractivity contribution in [3.8, 4) is 0 Å². The average molecular weight is 436 g/mol. The van der Waals surface area contributed by atoms with Crippen molar-refractivity contribution < 1.29 is 32.6 Å². The standard InChI is InChI=1S/C17H26N2O2S.C2HF3O2/c1-2-19-9-14-12-21-11-13(16(14)10-19)8-17(20)18-6-5-15-4-3-7-22-15;3-2(4,5)1(6)7/h3-4,7,13-14,16H,2,5-6,8-12H2,1H3,(H,18,20);(H,6,7)/t13-,14-,16+;/m1./s1. The van der Waals surface area contributed by atoms with E-state index < -0.39 is 12.1 Å². The van der Waals surface area contributed by atoms with Gasteiger partial charge in [0.15, 0.2) is 0 Å². The molecule has 2 saturated heterocycles. The Bertz CT molecular complexity index is 654. The lowest BCUT2D eigenvalue weighted by Gasteiger charge is -2.32. The smallest absolute Gasteiger partial charge is 0.475 e. The van der Waals surface area contributed by atoms with Crippen LogP contribution in [0.4, 0.5) is 13.2 Å². The van der Waals surface area contributed by atoms with Crippen molar-refractivity contribution in [3.63, 3.8) is 0 Å². The third kappa shape index (κ3) is 7.60. The SMILES string of the molecule is CCN1C[C@@H]2COC[C@@H](CC(=O)NCCc3cccs3)[C@@H]2C1.O=C(O)C(F)(F)F. The fourth-order valence-electron chi connectivity index (χ4n) is 3.75. The number of nitrogens with one attached hydrogen (secondary N) is 1. The summed E-state index contributed by atoms with van der Waals surface area (Å²) < 4.78 is 37.5. The molecule has 0 radical (unpaired) electrons. The Morgan fingerprint density at radius 2 is 2.07 bits per heavy atom. The molecule has 164 valence electrons. The highest BCUT2D eigenvalue weighted by atomic mass is 32.1. The molecule has 2 aliphatic rings. The molecular weight excluding hydrogens is 409 g/mol. The zero-order chi connectivity index (χ0) is 21.4. The number of nitrogens with zero attached hydrogens (tertiary/aromatic N) is 1. The van der Waals surface area contributed by atoms with E-state index in [4.69, 9.17) is 14.6 Å². The van der Waals surface area contributed by atoms with E-state index >= 15 is 0 Å². The van der Waals surface area contributed by atoms with Gasteiger partial charge in [-0.3, -0.25) is 4.79 Å². The number of aliphatic carboxylic acids is 1. The summed E-state index contributed by atoms with van der Waals surface area (Å²) in [5.74, 6) is -0.931. The van der Waals surface area contributed by atoms with Crippen LogP contribution < -0.4 is 5.32 Å². The second-order valence-corrected chi connectivity index (χ2v) is 8.29. The minimum Gasteiger partial charge on any atom is -0.475 e. The van der Waals surface area contributed by atoms with Crippen LogP contribution in [0, 0.1) is 17.8 Å². The highest BCUT2D eigenvalue weighted by molar-refractivity contribution is 7.09. The number of amides is 1. The van der Waals surface area contributed by atoms with E-state index in [1.807, 2.05) is 0 Å². The van der Waals surface area contributed by atoms with Crippen molar-refractivity contribution in [1.29, 1.82) is 0 Å². The minimum absolute atomic E-state index is 0.181. The third-order valence-corrected chi connectivity index (χ3v) is 6.18. The molecule has 0 spiro atoms. The number of halogens is 3. The summed E-state index contributed by atoms with van der Waals surface area (Å²) in [5, 5.41) is 12.3. The molecule has 0 aliphatic carbocycles. The number of carbonyl (C=O) groups excluding carboxylic acids is 1. The van der Waals surface area contributed by atoms with Crippen LogP contribution in [0.5, 0.6) is 0 Å². The molecule has 29 heavy (non-hydrogen) atoms. The van der Waals surface area contributed by atoms with Gasteiger partial charge in [0.25, 0.3) is 0 Å². The number of fused-ring (bicyclic) bond motifs is 1. The number of alkyl halides is 3. The molecule has 3 atom stereocenters. The zero-order valence-corrected chi connectivity index (χ0v) is 17.1. The first-order chi connectivity index (χ1) is 13.7. The maximum absolute atomic E-state index is 12.2. The molecular formula is C19H27F3N2O4S. The molecule has 3 rings (SSSR count). The highest BCUT2D eigenvalue weighted by Crippen LogP contribution is 2.35. The summed E-state index contributed by atoms with van der Waals surface area (Å²) in [7, 11) is 0. The van der Waals surface area contributed by atoms with Gasteiger partial charge in [0.05, 0.1) is 13.2 Å². The number of hydrogen-bond acceptors (Lipinski definition) is 5. The van der Waals surface area contributed by atoms with Crippen molar-refractivity contribution in [2.24, 2.45) is 17.8 Å². The van der Waals surface area contributed by atoms with Gasteiger partial charge in [0.2, 0.25) is 5.91 Å². The molecule has 2 aliphatic heterocycles. The molecule has 1 aromatic heterocycles. The lowest BCUT2D eigenvalue weighted by Crippen LogP contribution is -2.38. The molecule has 0 unspecified atom stereocenters. The Morgan fingerprint density at radius 1 is 1.34 bits per heavy atom. The Balaban J connectivity index is 0.000000370. The van der Waals surface area contributed by atoms with Gasteiger partial charge < -0.3 is 20.1 Å². The van der Waals surface area contributed by atoms with Crippen LogP contribution in [0.1, 0.15) is 18.2 Å². The molecule has 1 amide bonds. The van der Waals surface area contributed by atoms with Crippen LogP contribution in [0.3, 0.4) is 0 Å². The van der Waals surface area contributed by atoms with E-state index in [0.717, 1.165) is 45.8 Å². The fraction of sp³-hybridized carbons (Fsp3) is 0.684. The van der Waals surface area contributed by atoms with E-state index in [1.165, 1.54) is 4.88 Å². The van der Waals surface area contributed by atoms with Crippen LogP contribution in [-0.4, -0.2) is 67.5 Å². The van der Waals surface area contributed by atoms with Gasteiger partial charge in [0.1, 0.15) is 0 Å². The Labute approximate surface area is 172 Å². The number of carboxylic acids is 1. The maximum Gasteiger partial charge on any atom is 0.490 e. The summed E-state index contributed by atoms with van der Waals surface area (Å²) in [6.45, 7) is 7.95. The van der Waals surface area contributed by atoms with E-state index in [-0.39, 0.29) is 5.91 Å². The van der Waals surface area contributed by atoms with Gasteiger partial charge in [0, 0.05) is 30.9 Å². The van der Waals surface area contributed by atoms with Crippen LogP contribution in [-0.2, 0) is 20.7 Å². The van der Waals surface area contributed by atoms with Crippen molar-refractivity contribution in [2.75, 3.05) is 39.4 Å². The van der Waals surface area contributed by atoms with E-state index in [1.54, 1.807) is 11.3 Å². The number of carbonyl (C=O) groups is 2.